The second-order valence-electron chi connectivity index (χ2n) is 4.96. The quantitative estimate of drug-likeness (QED) is 0.602. The van der Waals surface area contributed by atoms with E-state index in [1.165, 1.54) is 30.5 Å². The first kappa shape index (κ1) is 11.6. The van der Waals surface area contributed by atoms with Gasteiger partial charge in [0.2, 0.25) is 0 Å². The van der Waals surface area contributed by atoms with E-state index in [0.29, 0.717) is 0 Å². The molecule has 3 N–H and O–H groups in total. The lowest BCUT2D eigenvalue weighted by atomic mass is 9.79. The number of aryl methyl sites for hydroxylation is 2. The Kier molecular flexibility index (Phi) is 3.30. The minimum atomic E-state index is 0.263. The number of nitrogens with two attached hydrogens (primary N) is 1. The van der Waals surface area contributed by atoms with Crippen molar-refractivity contribution in [2.45, 2.75) is 45.6 Å². The third-order valence-electron chi connectivity index (χ3n) is 3.91. The monoisotopic (exact) mass is 222 g/mol. The summed E-state index contributed by atoms with van der Waals surface area (Å²) in [5.41, 5.74) is 6.57. The van der Waals surface area contributed by atoms with Gasteiger partial charge in [-0.05, 0) is 26.2 Å². The van der Waals surface area contributed by atoms with Gasteiger partial charge in [-0.1, -0.05) is 19.3 Å². The summed E-state index contributed by atoms with van der Waals surface area (Å²) in [4.78, 5) is 0. The molecular formula is C12H22N4. The van der Waals surface area contributed by atoms with Gasteiger partial charge in [0.15, 0.2) is 0 Å². The van der Waals surface area contributed by atoms with Crippen LogP contribution in [-0.4, -0.2) is 9.78 Å². The van der Waals surface area contributed by atoms with Gasteiger partial charge in [0.25, 0.3) is 0 Å². The van der Waals surface area contributed by atoms with Crippen molar-refractivity contribution < 1.29 is 0 Å². The molecule has 90 valence electrons. The van der Waals surface area contributed by atoms with E-state index in [0.717, 1.165) is 18.0 Å². The van der Waals surface area contributed by atoms with Crippen LogP contribution in [0.15, 0.2) is 0 Å². The van der Waals surface area contributed by atoms with Crippen molar-refractivity contribution in [2.75, 3.05) is 0 Å². The molecule has 0 radical (unpaired) electrons. The third kappa shape index (κ3) is 1.99. The van der Waals surface area contributed by atoms with E-state index in [-0.39, 0.29) is 6.04 Å². The highest BCUT2D eigenvalue weighted by molar-refractivity contribution is 5.28. The maximum Gasteiger partial charge on any atom is 0.0644 e. The number of hydrogen-bond acceptors (Lipinski definition) is 3. The van der Waals surface area contributed by atoms with Crippen LogP contribution in [0.4, 0.5) is 0 Å². The molecule has 0 saturated heterocycles. The molecule has 2 rings (SSSR count). The molecular weight excluding hydrogens is 200 g/mol. The predicted molar refractivity (Wildman–Crippen MR) is 64.7 cm³/mol. The Labute approximate surface area is 97.2 Å². The lowest BCUT2D eigenvalue weighted by Crippen LogP contribution is -2.31. The van der Waals surface area contributed by atoms with Crippen LogP contribution in [0.2, 0.25) is 0 Å². The zero-order valence-corrected chi connectivity index (χ0v) is 10.5. The zero-order valence-electron chi connectivity index (χ0n) is 10.5. The van der Waals surface area contributed by atoms with E-state index in [1.54, 1.807) is 0 Å². The van der Waals surface area contributed by atoms with Crippen LogP contribution in [0.5, 0.6) is 0 Å². The SMILES string of the molecule is Cc1nn(C)c(C)c1C(CC1CCC1)NN. The first-order valence-electron chi connectivity index (χ1n) is 6.09. The fraction of sp³-hybridized carbons (Fsp3) is 0.750. The summed E-state index contributed by atoms with van der Waals surface area (Å²) in [7, 11) is 1.99. The fourth-order valence-electron chi connectivity index (χ4n) is 2.63. The molecule has 1 heterocycles. The molecule has 1 aliphatic carbocycles. The van der Waals surface area contributed by atoms with Crippen LogP contribution < -0.4 is 11.3 Å². The zero-order chi connectivity index (χ0) is 11.7. The largest absolute Gasteiger partial charge is 0.272 e. The Bertz CT molecular complexity index is 365. The molecule has 0 bridgehead atoms. The number of hydrogen-bond donors (Lipinski definition) is 2. The van der Waals surface area contributed by atoms with Crippen molar-refractivity contribution >= 4 is 0 Å². The van der Waals surface area contributed by atoms with Crippen molar-refractivity contribution in [1.82, 2.24) is 15.2 Å². The van der Waals surface area contributed by atoms with Gasteiger partial charge in [-0.3, -0.25) is 16.0 Å². The fourth-order valence-corrected chi connectivity index (χ4v) is 2.63. The van der Waals surface area contributed by atoms with Crippen molar-refractivity contribution in [3.05, 3.63) is 17.0 Å². The van der Waals surface area contributed by atoms with Crippen molar-refractivity contribution in [1.29, 1.82) is 0 Å². The van der Waals surface area contributed by atoms with E-state index >= 15 is 0 Å². The molecule has 1 atom stereocenters. The maximum atomic E-state index is 5.69. The molecule has 1 aliphatic rings. The normalized spacial score (nSPS) is 18.5. The second kappa shape index (κ2) is 4.55. The Morgan fingerprint density at radius 3 is 2.56 bits per heavy atom. The average molecular weight is 222 g/mol. The summed E-state index contributed by atoms with van der Waals surface area (Å²) in [6, 6.07) is 0.263. The molecule has 1 unspecified atom stereocenters. The van der Waals surface area contributed by atoms with Crippen LogP contribution in [0.1, 0.15) is 48.7 Å². The minimum absolute atomic E-state index is 0.263. The molecule has 0 amide bonds. The van der Waals surface area contributed by atoms with Gasteiger partial charge in [-0.2, -0.15) is 5.10 Å². The van der Waals surface area contributed by atoms with Gasteiger partial charge >= 0.3 is 0 Å². The van der Waals surface area contributed by atoms with Gasteiger partial charge < -0.3 is 0 Å². The molecule has 0 spiro atoms. The summed E-state index contributed by atoms with van der Waals surface area (Å²) in [6.45, 7) is 4.17. The average Bonchev–Trinajstić information content (AvgIpc) is 2.42. The lowest BCUT2D eigenvalue weighted by molar-refractivity contribution is 0.261. The Morgan fingerprint density at radius 1 is 1.50 bits per heavy atom. The van der Waals surface area contributed by atoms with Gasteiger partial charge in [-0.25, -0.2) is 0 Å². The van der Waals surface area contributed by atoms with E-state index < -0.39 is 0 Å². The Balaban J connectivity index is 2.17. The number of nitrogens with one attached hydrogen (secondary N) is 1. The number of hydrazine groups is 1. The Morgan fingerprint density at radius 2 is 2.19 bits per heavy atom. The maximum absolute atomic E-state index is 5.69. The summed E-state index contributed by atoms with van der Waals surface area (Å²) in [5.74, 6) is 6.54. The Hall–Kier alpha value is -0.870. The number of rotatable bonds is 4. The summed E-state index contributed by atoms with van der Waals surface area (Å²) in [6.07, 6.45) is 5.24. The van der Waals surface area contributed by atoms with Gasteiger partial charge in [0.1, 0.15) is 0 Å². The van der Waals surface area contributed by atoms with Gasteiger partial charge in [0.05, 0.1) is 5.69 Å². The molecule has 1 fully saturated rings. The van der Waals surface area contributed by atoms with Crippen LogP contribution in [0.25, 0.3) is 0 Å². The van der Waals surface area contributed by atoms with Crippen molar-refractivity contribution in [3.63, 3.8) is 0 Å². The van der Waals surface area contributed by atoms with E-state index in [2.05, 4.69) is 24.4 Å². The van der Waals surface area contributed by atoms with E-state index in [1.807, 2.05) is 11.7 Å². The van der Waals surface area contributed by atoms with Crippen molar-refractivity contribution in [3.8, 4) is 0 Å². The third-order valence-corrected chi connectivity index (χ3v) is 3.91. The number of aromatic nitrogens is 2. The summed E-state index contributed by atoms with van der Waals surface area (Å²) < 4.78 is 1.94. The summed E-state index contributed by atoms with van der Waals surface area (Å²) in [5, 5.41) is 4.45. The van der Waals surface area contributed by atoms with Crippen LogP contribution >= 0.6 is 0 Å². The smallest absolute Gasteiger partial charge is 0.0644 e. The van der Waals surface area contributed by atoms with Crippen LogP contribution in [0.3, 0.4) is 0 Å². The summed E-state index contributed by atoms with van der Waals surface area (Å²) >= 11 is 0. The highest BCUT2D eigenvalue weighted by atomic mass is 15.3. The van der Waals surface area contributed by atoms with Gasteiger partial charge in [-0.15, -0.1) is 0 Å². The van der Waals surface area contributed by atoms with Crippen LogP contribution in [0, 0.1) is 19.8 Å². The first-order chi connectivity index (χ1) is 7.63. The molecule has 16 heavy (non-hydrogen) atoms. The topological polar surface area (TPSA) is 55.9 Å². The van der Waals surface area contributed by atoms with Gasteiger partial charge in [0, 0.05) is 24.3 Å². The molecule has 4 nitrogen and oxygen atoms in total. The molecule has 0 aliphatic heterocycles. The standard InChI is InChI=1S/C12H22N4/c1-8-12(9(2)16(3)15-8)11(14-13)7-10-5-4-6-10/h10-11,14H,4-7,13H2,1-3H3. The van der Waals surface area contributed by atoms with Crippen LogP contribution in [-0.2, 0) is 7.05 Å². The van der Waals surface area contributed by atoms with Crippen molar-refractivity contribution in [2.24, 2.45) is 18.8 Å². The van der Waals surface area contributed by atoms with E-state index in [9.17, 15) is 0 Å². The van der Waals surface area contributed by atoms with E-state index in [4.69, 9.17) is 5.84 Å². The first-order valence-corrected chi connectivity index (χ1v) is 6.09. The molecule has 1 aromatic heterocycles. The minimum Gasteiger partial charge on any atom is -0.272 e. The molecule has 1 saturated carbocycles. The predicted octanol–water partition coefficient (Wildman–Crippen LogP) is 1.73. The highest BCUT2D eigenvalue weighted by Crippen LogP contribution is 2.35. The number of nitrogens with zero attached hydrogens (tertiary/aromatic N) is 2. The second-order valence-corrected chi connectivity index (χ2v) is 4.96. The molecule has 0 aromatic carbocycles. The molecule has 4 heteroatoms. The lowest BCUT2D eigenvalue weighted by Gasteiger charge is -2.29. The molecule has 1 aromatic rings. The highest BCUT2D eigenvalue weighted by Gasteiger charge is 2.25.